The van der Waals surface area contributed by atoms with Crippen molar-refractivity contribution in [3.05, 3.63) is 95.3 Å². The number of hydrogen-bond acceptors (Lipinski definition) is 4. The lowest BCUT2D eigenvalue weighted by molar-refractivity contribution is -0.139. The fraction of sp³-hybridized carbons (Fsp3) is 0.310. The van der Waals surface area contributed by atoms with Gasteiger partial charge in [-0.15, -0.1) is 0 Å². The maximum absolute atomic E-state index is 14.9. The van der Waals surface area contributed by atoms with Crippen molar-refractivity contribution in [3.63, 3.8) is 0 Å². The van der Waals surface area contributed by atoms with Crippen molar-refractivity contribution in [1.82, 2.24) is 10.2 Å². The highest BCUT2D eigenvalue weighted by Gasteiger charge is 2.33. The van der Waals surface area contributed by atoms with Gasteiger partial charge in [0.05, 0.1) is 10.6 Å². The number of rotatable bonds is 11. The molecular weight excluding hydrogens is 505 g/mol. The van der Waals surface area contributed by atoms with E-state index in [1.807, 2.05) is 45.0 Å². The van der Waals surface area contributed by atoms with Gasteiger partial charge < -0.3 is 10.2 Å². The Balaban J connectivity index is 2.04. The molecule has 9 heteroatoms. The zero-order chi connectivity index (χ0) is 27.9. The molecule has 3 aromatic rings. The number of nitrogens with one attached hydrogen (secondary N) is 1. The molecule has 1 atom stereocenters. The van der Waals surface area contributed by atoms with Crippen LogP contribution in [0.15, 0.2) is 77.7 Å². The number of aryl methyl sites for hydroxylation is 2. The molecule has 0 aliphatic carbocycles. The van der Waals surface area contributed by atoms with Crippen LogP contribution in [-0.4, -0.2) is 44.3 Å². The van der Waals surface area contributed by atoms with E-state index in [0.29, 0.717) is 6.54 Å². The predicted octanol–water partition coefficient (Wildman–Crippen LogP) is 4.58. The zero-order valence-corrected chi connectivity index (χ0v) is 23.0. The van der Waals surface area contributed by atoms with Gasteiger partial charge in [-0.2, -0.15) is 0 Å². The Bertz CT molecular complexity index is 1380. The van der Waals surface area contributed by atoms with Gasteiger partial charge >= 0.3 is 0 Å². The summed E-state index contributed by atoms with van der Waals surface area (Å²) in [4.78, 5) is 28.0. The Morgan fingerprint density at radius 3 is 2.21 bits per heavy atom. The highest BCUT2D eigenvalue weighted by Crippen LogP contribution is 2.27. The van der Waals surface area contributed by atoms with Crippen LogP contribution in [0.1, 0.15) is 37.0 Å². The molecule has 0 saturated carbocycles. The number of amides is 2. The summed E-state index contributed by atoms with van der Waals surface area (Å²) in [6, 6.07) is 18.1. The van der Waals surface area contributed by atoms with Crippen molar-refractivity contribution < 1.29 is 22.4 Å². The average molecular weight is 540 g/mol. The number of nitrogens with zero attached hydrogens (tertiary/aromatic N) is 2. The fourth-order valence-corrected chi connectivity index (χ4v) is 5.38. The van der Waals surface area contributed by atoms with Gasteiger partial charge in [-0.3, -0.25) is 13.9 Å². The molecule has 0 aromatic heterocycles. The summed E-state index contributed by atoms with van der Waals surface area (Å²) in [7, 11) is -4.32. The molecule has 202 valence electrons. The van der Waals surface area contributed by atoms with E-state index >= 15 is 0 Å². The van der Waals surface area contributed by atoms with Gasteiger partial charge in [-0.05, 0) is 62.6 Å². The van der Waals surface area contributed by atoms with Crippen LogP contribution in [0, 0.1) is 19.7 Å². The summed E-state index contributed by atoms with van der Waals surface area (Å²) in [5.74, 6) is -1.77. The third-order valence-corrected chi connectivity index (χ3v) is 8.10. The second-order valence-corrected chi connectivity index (χ2v) is 11.1. The van der Waals surface area contributed by atoms with Crippen molar-refractivity contribution in [2.45, 2.75) is 51.6 Å². The molecule has 3 aromatic carbocycles. The molecule has 0 spiro atoms. The predicted molar refractivity (Wildman–Crippen MR) is 147 cm³/mol. The van der Waals surface area contributed by atoms with Gasteiger partial charge in [0.15, 0.2) is 0 Å². The van der Waals surface area contributed by atoms with Crippen molar-refractivity contribution in [1.29, 1.82) is 0 Å². The SMILES string of the molecule is CCCNC(=O)C(C)N(Cc1ccccc1C)C(=O)CN(c1ccccc1F)S(=O)(=O)c1ccc(C)cc1. The van der Waals surface area contributed by atoms with Crippen LogP contribution < -0.4 is 9.62 Å². The summed E-state index contributed by atoms with van der Waals surface area (Å²) < 4.78 is 43.1. The third-order valence-electron chi connectivity index (χ3n) is 6.33. The average Bonchev–Trinajstić information content (AvgIpc) is 2.90. The second kappa shape index (κ2) is 12.7. The molecule has 38 heavy (non-hydrogen) atoms. The molecule has 2 amide bonds. The van der Waals surface area contributed by atoms with E-state index in [1.165, 1.54) is 35.2 Å². The first-order chi connectivity index (χ1) is 18.1. The minimum absolute atomic E-state index is 0.0710. The molecule has 1 unspecified atom stereocenters. The van der Waals surface area contributed by atoms with E-state index in [1.54, 1.807) is 19.1 Å². The lowest BCUT2D eigenvalue weighted by atomic mass is 10.1. The van der Waals surface area contributed by atoms with E-state index in [9.17, 15) is 22.4 Å². The molecule has 0 aliphatic rings. The normalized spacial score (nSPS) is 12.0. The number of benzene rings is 3. The van der Waals surface area contributed by atoms with Crippen molar-refractivity contribution in [3.8, 4) is 0 Å². The Hall–Kier alpha value is -3.72. The molecule has 0 saturated heterocycles. The lowest BCUT2D eigenvalue weighted by Crippen LogP contribution is -2.51. The van der Waals surface area contributed by atoms with Crippen molar-refractivity contribution in [2.75, 3.05) is 17.4 Å². The standard InChI is InChI=1S/C29H34FN3O4S/c1-5-18-31-29(35)23(4)32(19-24-11-7-6-10-22(24)3)28(34)20-33(27-13-9-8-12-26(27)30)38(36,37)25-16-14-21(2)15-17-25/h6-17,23H,5,18-20H2,1-4H3,(H,31,35). The van der Waals surface area contributed by atoms with Gasteiger partial charge in [-0.1, -0.05) is 61.0 Å². The quantitative estimate of drug-likeness (QED) is 0.387. The number of hydrogen-bond donors (Lipinski definition) is 1. The van der Waals surface area contributed by atoms with Crippen LogP contribution >= 0.6 is 0 Å². The van der Waals surface area contributed by atoms with Crippen LogP contribution in [-0.2, 0) is 26.2 Å². The van der Waals surface area contributed by atoms with Crippen LogP contribution in [0.5, 0.6) is 0 Å². The van der Waals surface area contributed by atoms with Gasteiger partial charge in [0.25, 0.3) is 10.0 Å². The van der Waals surface area contributed by atoms with Gasteiger partial charge in [-0.25, -0.2) is 12.8 Å². The lowest BCUT2D eigenvalue weighted by Gasteiger charge is -2.32. The zero-order valence-electron chi connectivity index (χ0n) is 22.1. The maximum Gasteiger partial charge on any atom is 0.264 e. The number of carbonyl (C=O) groups excluding carboxylic acids is 2. The first kappa shape index (κ1) is 28.8. The fourth-order valence-electron chi connectivity index (χ4n) is 3.95. The number of anilines is 1. The number of sulfonamides is 1. The monoisotopic (exact) mass is 539 g/mol. The highest BCUT2D eigenvalue weighted by molar-refractivity contribution is 7.92. The van der Waals surface area contributed by atoms with Crippen LogP contribution in [0.4, 0.5) is 10.1 Å². The molecule has 3 rings (SSSR count). The van der Waals surface area contributed by atoms with Gasteiger partial charge in [0.2, 0.25) is 11.8 Å². The number of halogens is 1. The van der Waals surface area contributed by atoms with E-state index in [-0.39, 0.29) is 23.0 Å². The Morgan fingerprint density at radius 1 is 0.947 bits per heavy atom. The molecule has 1 N–H and O–H groups in total. The number of para-hydroxylation sites is 1. The molecule has 0 aliphatic heterocycles. The summed E-state index contributed by atoms with van der Waals surface area (Å²) in [6.45, 7) is 7.08. The van der Waals surface area contributed by atoms with E-state index < -0.39 is 34.3 Å². The van der Waals surface area contributed by atoms with Gasteiger partial charge in [0, 0.05) is 13.1 Å². The number of carbonyl (C=O) groups is 2. The topological polar surface area (TPSA) is 86.8 Å². The minimum atomic E-state index is -4.32. The Kier molecular flexibility index (Phi) is 9.63. The summed E-state index contributed by atoms with van der Waals surface area (Å²) >= 11 is 0. The summed E-state index contributed by atoms with van der Waals surface area (Å²) in [6.07, 6.45) is 0.722. The summed E-state index contributed by atoms with van der Waals surface area (Å²) in [5, 5.41) is 2.80. The Labute approximate surface area is 224 Å². The van der Waals surface area contributed by atoms with Gasteiger partial charge in [0.1, 0.15) is 18.4 Å². The maximum atomic E-state index is 14.9. The minimum Gasteiger partial charge on any atom is -0.354 e. The first-order valence-corrected chi connectivity index (χ1v) is 14.0. The van der Waals surface area contributed by atoms with Crippen LogP contribution in [0.3, 0.4) is 0 Å². The first-order valence-electron chi connectivity index (χ1n) is 12.5. The molecule has 7 nitrogen and oxygen atoms in total. The van der Waals surface area contributed by atoms with Crippen LogP contribution in [0.25, 0.3) is 0 Å². The van der Waals surface area contributed by atoms with E-state index in [4.69, 9.17) is 0 Å². The third kappa shape index (κ3) is 6.77. The summed E-state index contributed by atoms with van der Waals surface area (Å²) in [5.41, 5.74) is 2.34. The van der Waals surface area contributed by atoms with E-state index in [0.717, 1.165) is 33.5 Å². The molecule has 0 fully saturated rings. The second-order valence-electron chi connectivity index (χ2n) is 9.19. The molecule has 0 heterocycles. The van der Waals surface area contributed by atoms with Crippen molar-refractivity contribution >= 4 is 27.5 Å². The van der Waals surface area contributed by atoms with E-state index in [2.05, 4.69) is 5.32 Å². The highest BCUT2D eigenvalue weighted by atomic mass is 32.2. The smallest absolute Gasteiger partial charge is 0.264 e. The molecular formula is C29H34FN3O4S. The molecule has 0 radical (unpaired) electrons. The molecule has 0 bridgehead atoms. The Morgan fingerprint density at radius 2 is 1.58 bits per heavy atom. The van der Waals surface area contributed by atoms with Crippen molar-refractivity contribution in [2.24, 2.45) is 0 Å². The van der Waals surface area contributed by atoms with Crippen LogP contribution in [0.2, 0.25) is 0 Å². The largest absolute Gasteiger partial charge is 0.354 e.